The van der Waals surface area contributed by atoms with E-state index in [-0.39, 0.29) is 40.8 Å². The number of nitrogens with zero attached hydrogens (tertiary/aromatic N) is 1. The van der Waals surface area contributed by atoms with Crippen LogP contribution in [0.2, 0.25) is 0 Å². The Hall–Kier alpha value is -3.69. The lowest BCUT2D eigenvalue weighted by Gasteiger charge is -2.32. The van der Waals surface area contributed by atoms with Gasteiger partial charge in [-0.25, -0.2) is 13.8 Å². The van der Waals surface area contributed by atoms with Crippen LogP contribution in [0.1, 0.15) is 62.3 Å². The van der Waals surface area contributed by atoms with Gasteiger partial charge in [-0.2, -0.15) is 11.8 Å². The lowest BCUT2D eigenvalue weighted by atomic mass is 9.75. The molecule has 3 aromatic carbocycles. The van der Waals surface area contributed by atoms with Crippen molar-refractivity contribution in [3.8, 4) is 11.5 Å². The molecule has 44 heavy (non-hydrogen) atoms. The number of aryl methyl sites for hydroxylation is 1. The maximum Gasteiger partial charge on any atom is 0.168 e. The van der Waals surface area contributed by atoms with E-state index in [0.717, 1.165) is 46.4 Å². The molecule has 5 rings (SSSR count). The number of thioether (sulfide) groups is 1. The Balaban J connectivity index is 1.63. The Morgan fingerprint density at radius 3 is 2.66 bits per heavy atom. The molecule has 2 bridgehead atoms. The Morgan fingerprint density at radius 1 is 1.07 bits per heavy atom. The van der Waals surface area contributed by atoms with E-state index in [1.807, 2.05) is 49.0 Å². The first kappa shape index (κ1) is 31.7. The first-order valence-electron chi connectivity index (χ1n) is 14.9. The minimum absolute atomic E-state index is 0.0246. The molecule has 1 aromatic heterocycles. The van der Waals surface area contributed by atoms with Crippen molar-refractivity contribution in [2.75, 3.05) is 18.6 Å². The molecule has 0 fully saturated rings. The van der Waals surface area contributed by atoms with Crippen LogP contribution < -0.4 is 10.1 Å². The van der Waals surface area contributed by atoms with Gasteiger partial charge in [0, 0.05) is 35.8 Å². The molecule has 0 amide bonds. The van der Waals surface area contributed by atoms with Crippen LogP contribution in [-0.4, -0.2) is 40.3 Å². The standard InChI is InChI=1S/C35H40F2N4O2S/c1-34(2)13-6-14-35(3,23-8-5-7-22(17-23)20-42)33(38)41-32(39-4)27-18-24(9-10-28(27)36)43-31-26(12-16-44-21-34)25-11-15-40-30(25)19-29(31)37/h5,7-11,15,17-19,40,42H,6,12-14,16,20-21H2,1-4H3,(H2,38,39,41). The summed E-state index contributed by atoms with van der Waals surface area (Å²) in [5.41, 5.74) is 2.44. The molecule has 2 heterocycles. The van der Waals surface area contributed by atoms with Gasteiger partial charge >= 0.3 is 0 Å². The fraction of sp³-hybridized carbons (Fsp3) is 0.371. The largest absolute Gasteiger partial charge is 0.454 e. The lowest BCUT2D eigenvalue weighted by Crippen LogP contribution is -2.34. The summed E-state index contributed by atoms with van der Waals surface area (Å²) < 4.78 is 37.0. The second kappa shape index (κ2) is 13.1. The highest BCUT2D eigenvalue weighted by Gasteiger charge is 2.34. The minimum Gasteiger partial charge on any atom is -0.454 e. The van der Waals surface area contributed by atoms with Crippen molar-refractivity contribution in [2.45, 2.75) is 58.5 Å². The molecule has 1 aliphatic rings. The van der Waals surface area contributed by atoms with Gasteiger partial charge in [-0.15, -0.1) is 0 Å². The molecule has 6 nitrogen and oxygen atoms in total. The summed E-state index contributed by atoms with van der Waals surface area (Å²) in [5, 5.41) is 22.9. The van der Waals surface area contributed by atoms with Gasteiger partial charge in [0.1, 0.15) is 23.2 Å². The van der Waals surface area contributed by atoms with Crippen molar-refractivity contribution in [3.63, 3.8) is 0 Å². The number of aliphatic hydroxyl groups excluding tert-OH is 1. The van der Waals surface area contributed by atoms with Crippen LogP contribution in [0.15, 0.2) is 65.8 Å². The number of hydrogen-bond acceptors (Lipinski definition) is 5. The van der Waals surface area contributed by atoms with Crippen LogP contribution in [-0.2, 0) is 18.4 Å². The highest BCUT2D eigenvalue weighted by molar-refractivity contribution is 7.99. The number of fused-ring (bicyclic) bond motifs is 5. The van der Waals surface area contributed by atoms with E-state index in [4.69, 9.17) is 4.74 Å². The Bertz CT molecular complexity index is 1700. The number of nitrogens with one attached hydrogen (secondary N) is 3. The molecule has 1 unspecified atom stereocenters. The summed E-state index contributed by atoms with van der Waals surface area (Å²) in [5.74, 6) is 1.30. The quantitative estimate of drug-likeness (QED) is 0.183. The van der Waals surface area contributed by atoms with Crippen molar-refractivity contribution in [1.82, 2.24) is 10.3 Å². The van der Waals surface area contributed by atoms with Crippen molar-refractivity contribution in [3.05, 3.63) is 94.7 Å². The van der Waals surface area contributed by atoms with Gasteiger partial charge in [-0.05, 0) is 78.5 Å². The number of ether oxygens (including phenoxy) is 1. The number of aromatic nitrogens is 1. The number of benzene rings is 3. The third kappa shape index (κ3) is 6.69. The summed E-state index contributed by atoms with van der Waals surface area (Å²) >= 11 is 1.83. The van der Waals surface area contributed by atoms with Gasteiger partial charge in [0.25, 0.3) is 0 Å². The summed E-state index contributed by atoms with van der Waals surface area (Å²) in [6.45, 7) is 6.38. The highest BCUT2D eigenvalue weighted by Crippen LogP contribution is 2.38. The molecule has 232 valence electrons. The van der Waals surface area contributed by atoms with Gasteiger partial charge < -0.3 is 20.1 Å². The molecule has 0 spiro atoms. The molecule has 0 saturated heterocycles. The zero-order valence-electron chi connectivity index (χ0n) is 25.7. The fourth-order valence-electron chi connectivity index (χ4n) is 5.86. The number of aliphatic imine (C=N–C) groups is 1. The second-order valence-electron chi connectivity index (χ2n) is 12.4. The molecule has 9 heteroatoms. The summed E-state index contributed by atoms with van der Waals surface area (Å²) in [4.78, 5) is 7.76. The predicted octanol–water partition coefficient (Wildman–Crippen LogP) is 8.12. The maximum absolute atomic E-state index is 15.5. The van der Waals surface area contributed by atoms with E-state index in [0.29, 0.717) is 18.4 Å². The minimum atomic E-state index is -0.795. The molecule has 0 radical (unpaired) electrons. The zero-order valence-corrected chi connectivity index (χ0v) is 26.5. The fourth-order valence-corrected chi connectivity index (χ4v) is 7.05. The van der Waals surface area contributed by atoms with Crippen LogP contribution >= 0.6 is 11.8 Å². The van der Waals surface area contributed by atoms with Crippen molar-refractivity contribution in [1.29, 1.82) is 5.41 Å². The average molecular weight is 619 g/mol. The molecule has 0 aliphatic carbocycles. The number of H-pyrrole nitrogens is 1. The maximum atomic E-state index is 15.5. The van der Waals surface area contributed by atoms with Crippen LogP contribution in [0.5, 0.6) is 11.5 Å². The number of rotatable bonds is 2. The van der Waals surface area contributed by atoms with Crippen LogP contribution in [0.3, 0.4) is 0 Å². The molecular weight excluding hydrogens is 578 g/mol. The van der Waals surface area contributed by atoms with Crippen molar-refractivity contribution >= 4 is 34.3 Å². The smallest absolute Gasteiger partial charge is 0.168 e. The van der Waals surface area contributed by atoms with Gasteiger partial charge in [0.2, 0.25) is 0 Å². The molecule has 0 saturated carbocycles. The molecule has 4 N–H and O–H groups in total. The number of hydrogen-bond donors (Lipinski definition) is 4. The molecule has 1 atom stereocenters. The van der Waals surface area contributed by atoms with E-state index in [1.54, 1.807) is 13.2 Å². The Kier molecular flexibility index (Phi) is 9.46. The Labute approximate surface area is 261 Å². The average Bonchev–Trinajstić information content (AvgIpc) is 3.47. The van der Waals surface area contributed by atoms with Gasteiger partial charge in [-0.1, -0.05) is 44.5 Å². The van der Waals surface area contributed by atoms with Crippen molar-refractivity contribution < 1.29 is 18.6 Å². The topological polar surface area (TPSA) is 93.5 Å². The third-order valence-corrected chi connectivity index (χ3v) is 10.0. The lowest BCUT2D eigenvalue weighted by molar-refractivity contribution is 0.281. The van der Waals surface area contributed by atoms with E-state index in [9.17, 15) is 10.5 Å². The summed E-state index contributed by atoms with van der Waals surface area (Å²) in [6, 6.07) is 15.2. The van der Waals surface area contributed by atoms with Gasteiger partial charge in [0.05, 0.1) is 17.6 Å². The third-order valence-electron chi connectivity index (χ3n) is 8.53. The molecular formula is C35H40F2N4O2S. The number of aromatic amines is 1. The van der Waals surface area contributed by atoms with Gasteiger partial charge in [-0.3, -0.25) is 5.41 Å². The van der Waals surface area contributed by atoms with E-state index < -0.39 is 17.0 Å². The molecule has 1 aliphatic heterocycles. The van der Waals surface area contributed by atoms with Crippen LogP contribution in [0.25, 0.3) is 10.9 Å². The van der Waals surface area contributed by atoms with Crippen LogP contribution in [0.4, 0.5) is 8.78 Å². The predicted molar refractivity (Wildman–Crippen MR) is 176 cm³/mol. The second-order valence-corrected chi connectivity index (χ2v) is 13.5. The monoisotopic (exact) mass is 618 g/mol. The normalized spacial score (nSPS) is 21.0. The first-order valence-corrected chi connectivity index (χ1v) is 16.1. The van der Waals surface area contributed by atoms with E-state index in [1.165, 1.54) is 24.3 Å². The van der Waals surface area contributed by atoms with Crippen molar-refractivity contribution in [2.24, 2.45) is 10.4 Å². The summed E-state index contributed by atoms with van der Waals surface area (Å²) in [7, 11) is 1.63. The van der Waals surface area contributed by atoms with Crippen LogP contribution in [0, 0.1) is 22.5 Å². The summed E-state index contributed by atoms with van der Waals surface area (Å²) in [6.07, 6.45) is 4.82. The highest BCUT2D eigenvalue weighted by atomic mass is 32.2. The SMILES string of the molecule is CN/C1=N\C(=N)C(C)(c2cccc(CO)c2)CCCC(C)(C)CSCCc2c(c(F)cc3[nH]ccc23)Oc2ccc(F)c1c2. The molecule has 4 aromatic rings. The van der Waals surface area contributed by atoms with E-state index >= 15 is 8.78 Å². The van der Waals surface area contributed by atoms with Gasteiger partial charge in [0.15, 0.2) is 11.6 Å². The van der Waals surface area contributed by atoms with E-state index in [2.05, 4.69) is 29.1 Å². The Morgan fingerprint density at radius 2 is 1.89 bits per heavy atom. The number of amidine groups is 2. The number of halogens is 2. The first-order chi connectivity index (χ1) is 21.0. The zero-order chi connectivity index (χ0) is 31.5. The number of aliphatic hydroxyl groups is 1.